The number of hydrogen-bond acceptors (Lipinski definition) is 5. The van der Waals surface area contributed by atoms with Gasteiger partial charge in [0.25, 0.3) is 0 Å². The highest BCUT2D eigenvalue weighted by Gasteiger charge is 2.24. The van der Waals surface area contributed by atoms with Gasteiger partial charge >= 0.3 is 0 Å². The first kappa shape index (κ1) is 19.5. The van der Waals surface area contributed by atoms with Crippen LogP contribution >= 0.6 is 28.3 Å². The second-order valence-corrected chi connectivity index (χ2v) is 5.85. The summed E-state index contributed by atoms with van der Waals surface area (Å²) in [5, 5.41) is 12.8. The summed E-state index contributed by atoms with van der Waals surface area (Å²) in [6.07, 6.45) is 0.702. The smallest absolute Gasteiger partial charge is 0.137 e. The molecule has 5 nitrogen and oxygen atoms in total. The number of methoxy groups -OCH3 is 2. The van der Waals surface area contributed by atoms with Crippen LogP contribution in [0.25, 0.3) is 0 Å². The molecule has 2 rings (SSSR count). The molecule has 1 aromatic rings. The molecule has 1 aliphatic heterocycles. The standard InChI is InChI=1S/C15H23BrN2O3.ClH/c1-20-13-9-11(10-14(21-2)15(13)16)12(3-8-19)18-6-4-17-5-7-18;/h9-10,12,17,19H,3-8H2,1-2H3;1H/t12-;/m0./s1. The molecule has 1 saturated heterocycles. The number of halogens is 2. The number of nitrogens with zero attached hydrogens (tertiary/aromatic N) is 1. The van der Waals surface area contributed by atoms with Crippen LogP contribution in [-0.2, 0) is 0 Å². The number of aliphatic hydroxyl groups excluding tert-OH is 1. The van der Waals surface area contributed by atoms with Crippen LogP contribution in [0.5, 0.6) is 11.5 Å². The predicted molar refractivity (Wildman–Crippen MR) is 93.4 cm³/mol. The molecule has 0 spiro atoms. The van der Waals surface area contributed by atoms with Crippen molar-refractivity contribution in [3.8, 4) is 11.5 Å². The van der Waals surface area contributed by atoms with Gasteiger partial charge in [0.15, 0.2) is 0 Å². The molecule has 0 bridgehead atoms. The summed E-state index contributed by atoms with van der Waals surface area (Å²) in [6.45, 7) is 4.07. The van der Waals surface area contributed by atoms with Crippen molar-refractivity contribution in [3.05, 3.63) is 22.2 Å². The fourth-order valence-corrected chi connectivity index (χ4v) is 3.31. The predicted octanol–water partition coefficient (Wildman–Crippen LogP) is 2.22. The van der Waals surface area contributed by atoms with Gasteiger partial charge in [-0.15, -0.1) is 12.4 Å². The van der Waals surface area contributed by atoms with E-state index < -0.39 is 0 Å². The molecule has 1 heterocycles. The third kappa shape index (κ3) is 4.49. The lowest BCUT2D eigenvalue weighted by atomic mass is 10.0. The van der Waals surface area contributed by atoms with E-state index in [0.717, 1.165) is 47.7 Å². The van der Waals surface area contributed by atoms with Gasteiger partial charge in [-0.3, -0.25) is 4.90 Å². The normalized spacial score (nSPS) is 16.7. The Morgan fingerprint density at radius 1 is 1.23 bits per heavy atom. The first-order valence-corrected chi connectivity index (χ1v) is 7.97. The Kier molecular flexibility index (Phi) is 8.49. The molecule has 22 heavy (non-hydrogen) atoms. The number of ether oxygens (including phenoxy) is 2. The minimum atomic E-state index is 0. The summed E-state index contributed by atoms with van der Waals surface area (Å²) >= 11 is 3.50. The fourth-order valence-electron chi connectivity index (χ4n) is 2.76. The Balaban J connectivity index is 0.00000242. The molecule has 1 atom stereocenters. The van der Waals surface area contributed by atoms with Gasteiger partial charge in [0, 0.05) is 38.8 Å². The summed E-state index contributed by atoms with van der Waals surface area (Å²) in [7, 11) is 3.30. The van der Waals surface area contributed by atoms with Crippen molar-refractivity contribution in [3.63, 3.8) is 0 Å². The van der Waals surface area contributed by atoms with Crippen LogP contribution in [0.4, 0.5) is 0 Å². The van der Waals surface area contributed by atoms with Gasteiger partial charge < -0.3 is 19.9 Å². The highest BCUT2D eigenvalue weighted by molar-refractivity contribution is 9.10. The average molecular weight is 396 g/mol. The van der Waals surface area contributed by atoms with E-state index in [0.29, 0.717) is 6.42 Å². The van der Waals surface area contributed by atoms with E-state index >= 15 is 0 Å². The van der Waals surface area contributed by atoms with Crippen molar-refractivity contribution in [2.75, 3.05) is 47.0 Å². The van der Waals surface area contributed by atoms with Gasteiger partial charge in [-0.2, -0.15) is 0 Å². The Morgan fingerprint density at radius 3 is 2.23 bits per heavy atom. The van der Waals surface area contributed by atoms with E-state index in [2.05, 4.69) is 26.1 Å². The molecule has 0 radical (unpaired) electrons. The summed E-state index contributed by atoms with van der Waals surface area (Å²) in [5.74, 6) is 1.50. The average Bonchev–Trinajstić information content (AvgIpc) is 2.54. The lowest BCUT2D eigenvalue weighted by Gasteiger charge is -2.35. The van der Waals surface area contributed by atoms with Crippen molar-refractivity contribution in [1.29, 1.82) is 0 Å². The molecule has 1 aromatic carbocycles. The Bertz CT molecular complexity index is 445. The monoisotopic (exact) mass is 394 g/mol. The number of nitrogens with one attached hydrogen (secondary N) is 1. The molecular weight excluding hydrogens is 372 g/mol. The van der Waals surface area contributed by atoms with Crippen molar-refractivity contribution in [1.82, 2.24) is 10.2 Å². The van der Waals surface area contributed by atoms with Crippen molar-refractivity contribution in [2.45, 2.75) is 12.5 Å². The largest absolute Gasteiger partial charge is 0.495 e. The maximum absolute atomic E-state index is 9.42. The van der Waals surface area contributed by atoms with Gasteiger partial charge in [-0.25, -0.2) is 0 Å². The molecule has 0 saturated carbocycles. The van der Waals surface area contributed by atoms with E-state index in [-0.39, 0.29) is 25.1 Å². The van der Waals surface area contributed by atoms with Crippen LogP contribution in [0.3, 0.4) is 0 Å². The van der Waals surface area contributed by atoms with Crippen molar-refractivity contribution in [2.24, 2.45) is 0 Å². The highest BCUT2D eigenvalue weighted by atomic mass is 79.9. The molecule has 0 aromatic heterocycles. The molecule has 0 unspecified atom stereocenters. The second kappa shape index (κ2) is 9.57. The first-order valence-electron chi connectivity index (χ1n) is 7.18. The van der Waals surface area contributed by atoms with Crippen LogP contribution in [0.2, 0.25) is 0 Å². The summed E-state index contributed by atoms with van der Waals surface area (Å²) in [4.78, 5) is 2.40. The van der Waals surface area contributed by atoms with Crippen LogP contribution in [0.15, 0.2) is 16.6 Å². The minimum absolute atomic E-state index is 0. The van der Waals surface area contributed by atoms with Gasteiger partial charge in [-0.05, 0) is 40.0 Å². The van der Waals surface area contributed by atoms with E-state index in [1.54, 1.807) is 14.2 Å². The zero-order valence-electron chi connectivity index (χ0n) is 13.0. The molecule has 1 aliphatic rings. The number of aliphatic hydroxyl groups is 1. The topological polar surface area (TPSA) is 54.0 Å². The van der Waals surface area contributed by atoms with Gasteiger partial charge in [-0.1, -0.05) is 0 Å². The van der Waals surface area contributed by atoms with Crippen LogP contribution in [-0.4, -0.2) is 57.0 Å². The minimum Gasteiger partial charge on any atom is -0.495 e. The zero-order chi connectivity index (χ0) is 15.2. The lowest BCUT2D eigenvalue weighted by molar-refractivity contribution is 0.140. The van der Waals surface area contributed by atoms with Crippen molar-refractivity contribution < 1.29 is 14.6 Å². The van der Waals surface area contributed by atoms with Gasteiger partial charge in [0.05, 0.1) is 14.2 Å². The van der Waals surface area contributed by atoms with E-state index in [1.807, 2.05) is 12.1 Å². The van der Waals surface area contributed by atoms with Crippen LogP contribution < -0.4 is 14.8 Å². The quantitative estimate of drug-likeness (QED) is 0.773. The van der Waals surface area contributed by atoms with E-state index in [4.69, 9.17) is 9.47 Å². The lowest BCUT2D eigenvalue weighted by Crippen LogP contribution is -2.45. The Labute approximate surface area is 146 Å². The van der Waals surface area contributed by atoms with Gasteiger partial charge in [0.2, 0.25) is 0 Å². The van der Waals surface area contributed by atoms with Crippen LogP contribution in [0, 0.1) is 0 Å². The number of piperazine rings is 1. The zero-order valence-corrected chi connectivity index (χ0v) is 15.4. The third-order valence-electron chi connectivity index (χ3n) is 3.85. The van der Waals surface area contributed by atoms with Gasteiger partial charge in [0.1, 0.15) is 16.0 Å². The highest BCUT2D eigenvalue weighted by Crippen LogP contribution is 2.39. The molecular formula is C15H24BrClN2O3. The van der Waals surface area contributed by atoms with Crippen LogP contribution in [0.1, 0.15) is 18.0 Å². The third-order valence-corrected chi connectivity index (χ3v) is 4.63. The summed E-state index contributed by atoms with van der Waals surface area (Å²) in [5.41, 5.74) is 1.11. The molecule has 0 amide bonds. The van der Waals surface area contributed by atoms with Crippen molar-refractivity contribution >= 4 is 28.3 Å². The Morgan fingerprint density at radius 2 is 1.77 bits per heavy atom. The first-order chi connectivity index (χ1) is 10.2. The second-order valence-electron chi connectivity index (χ2n) is 5.05. The van der Waals surface area contributed by atoms with E-state index in [1.165, 1.54) is 0 Å². The Hall–Kier alpha value is -0.530. The summed E-state index contributed by atoms with van der Waals surface area (Å²) < 4.78 is 11.7. The SMILES string of the molecule is COc1cc([C@H](CCO)N2CCNCC2)cc(OC)c1Br.Cl. The molecule has 0 aliphatic carbocycles. The molecule has 1 fully saturated rings. The summed E-state index contributed by atoms with van der Waals surface area (Å²) in [6, 6.07) is 4.22. The maximum atomic E-state index is 9.42. The number of hydrogen-bond donors (Lipinski definition) is 2. The number of rotatable bonds is 6. The molecule has 126 valence electrons. The number of benzene rings is 1. The molecule has 2 N–H and O–H groups in total. The fraction of sp³-hybridized carbons (Fsp3) is 0.600. The van der Waals surface area contributed by atoms with E-state index in [9.17, 15) is 5.11 Å². The molecule has 7 heteroatoms. The maximum Gasteiger partial charge on any atom is 0.137 e.